The second-order valence-electron chi connectivity index (χ2n) is 8.76. The number of carbonyl (C=O) groups excluding carboxylic acids is 1. The average Bonchev–Trinajstić information content (AvgIpc) is 3.37. The lowest BCUT2D eigenvalue weighted by molar-refractivity contribution is -0.149. The number of aliphatic hydroxyl groups is 1. The fourth-order valence-electron chi connectivity index (χ4n) is 3.65. The van der Waals surface area contributed by atoms with Crippen LogP contribution in [-0.4, -0.2) is 65.9 Å². The number of aromatic nitrogens is 4. The van der Waals surface area contributed by atoms with Gasteiger partial charge in [-0.3, -0.25) is 13.9 Å². The van der Waals surface area contributed by atoms with Gasteiger partial charge in [-0.25, -0.2) is 19.5 Å². The van der Waals surface area contributed by atoms with E-state index in [1.807, 2.05) is 0 Å². The molecular formula is C22H27Cl2N6O7P. The maximum absolute atomic E-state index is 13.7. The van der Waals surface area contributed by atoms with Crippen molar-refractivity contribution in [1.82, 2.24) is 24.6 Å². The molecule has 0 unspecified atom stereocenters. The molecule has 2 aromatic heterocycles. The topological polar surface area (TPSA) is 173 Å². The lowest BCUT2D eigenvalue weighted by atomic mass is 10.2. The number of anilines is 1. The smallest absolute Gasteiger partial charge is 0.459 e. The van der Waals surface area contributed by atoms with Crippen molar-refractivity contribution in [3.8, 4) is 5.75 Å². The number of imidazole rings is 1. The maximum atomic E-state index is 13.7. The van der Waals surface area contributed by atoms with Crippen LogP contribution in [0.3, 0.4) is 0 Å². The number of nitrogen functional groups attached to an aromatic ring is 1. The molecular weight excluding hydrogens is 562 g/mol. The Bertz CT molecular complexity index is 1330. The number of hydrogen-bond acceptors (Lipinski definition) is 11. The van der Waals surface area contributed by atoms with Crippen molar-refractivity contribution in [2.45, 2.75) is 55.7 Å². The number of carbonyl (C=O) groups is 1. The van der Waals surface area contributed by atoms with Gasteiger partial charge in [-0.15, -0.1) is 0 Å². The van der Waals surface area contributed by atoms with Crippen LogP contribution in [0.5, 0.6) is 5.75 Å². The van der Waals surface area contributed by atoms with Gasteiger partial charge in [0, 0.05) is 0 Å². The molecule has 0 bridgehead atoms. The number of alkyl halides is 2. The largest absolute Gasteiger partial charge is 0.462 e. The van der Waals surface area contributed by atoms with Crippen LogP contribution >= 0.6 is 30.9 Å². The zero-order valence-corrected chi connectivity index (χ0v) is 23.0. The number of nitrogens with one attached hydrogen (secondary N) is 1. The minimum Gasteiger partial charge on any atom is -0.462 e. The predicted octanol–water partition coefficient (Wildman–Crippen LogP) is 2.97. The Morgan fingerprint density at radius 1 is 1.26 bits per heavy atom. The predicted molar refractivity (Wildman–Crippen MR) is 139 cm³/mol. The van der Waals surface area contributed by atoms with Crippen molar-refractivity contribution in [2.24, 2.45) is 0 Å². The number of benzene rings is 1. The highest BCUT2D eigenvalue weighted by atomic mass is 35.5. The Morgan fingerprint density at radius 3 is 2.66 bits per heavy atom. The van der Waals surface area contributed by atoms with Crippen molar-refractivity contribution >= 4 is 53.9 Å². The second kappa shape index (κ2) is 11.3. The molecule has 0 amide bonds. The summed E-state index contributed by atoms with van der Waals surface area (Å²) in [5.41, 5.74) is 6.42. The maximum Gasteiger partial charge on any atom is 0.459 e. The van der Waals surface area contributed by atoms with Crippen molar-refractivity contribution in [2.75, 3.05) is 12.3 Å². The Labute approximate surface area is 228 Å². The van der Waals surface area contributed by atoms with Crippen LogP contribution in [-0.2, 0) is 23.4 Å². The molecule has 1 aliphatic rings. The van der Waals surface area contributed by atoms with E-state index in [0.717, 1.165) is 0 Å². The first kappa shape index (κ1) is 28.5. The van der Waals surface area contributed by atoms with Gasteiger partial charge in [0.15, 0.2) is 22.0 Å². The van der Waals surface area contributed by atoms with Crippen molar-refractivity contribution < 1.29 is 33.0 Å². The standard InChI is InChI=1S/C22H27Cl2N6O7P/c1-12(2)35-20(32)13(3)29-38(33,37-14-7-5-4-6-8-14)34-9-15-17(31)22(23,24)21(36-15)30-11-28-16-18(25)26-10-27-19(16)30/h4-8,10-13,15,17,21,31H,9H2,1-3H3,(H,29,33)(H2,25,26,27)/t13-,15-,17-,21-,38-/m1/s1. The monoisotopic (exact) mass is 588 g/mol. The summed E-state index contributed by atoms with van der Waals surface area (Å²) in [5.74, 6) is -0.312. The van der Waals surface area contributed by atoms with Gasteiger partial charge >= 0.3 is 13.7 Å². The zero-order chi connectivity index (χ0) is 27.7. The van der Waals surface area contributed by atoms with Gasteiger partial charge < -0.3 is 24.8 Å². The number of esters is 1. The molecule has 3 aromatic rings. The molecule has 5 atom stereocenters. The van der Waals surface area contributed by atoms with Crippen LogP contribution in [0.1, 0.15) is 27.0 Å². The van der Waals surface area contributed by atoms with Gasteiger partial charge in [-0.2, -0.15) is 5.09 Å². The summed E-state index contributed by atoms with van der Waals surface area (Å²) < 4.78 is 35.6. The average molecular weight is 589 g/mol. The molecule has 1 aromatic carbocycles. The summed E-state index contributed by atoms with van der Waals surface area (Å²) in [6.07, 6.45) is -1.64. The third-order valence-electron chi connectivity index (χ3n) is 5.45. The molecule has 1 fully saturated rings. The number of nitrogens with two attached hydrogens (primary N) is 1. The lowest BCUT2D eigenvalue weighted by Gasteiger charge is -2.25. The number of hydrogen-bond donors (Lipinski definition) is 3. The van der Waals surface area contributed by atoms with Gasteiger partial charge in [0.25, 0.3) is 0 Å². The van der Waals surface area contributed by atoms with E-state index in [0.29, 0.717) is 5.52 Å². The second-order valence-corrected chi connectivity index (χ2v) is 11.9. The van der Waals surface area contributed by atoms with Crippen molar-refractivity contribution in [3.05, 3.63) is 43.0 Å². The van der Waals surface area contributed by atoms with Gasteiger partial charge in [-0.1, -0.05) is 41.4 Å². The molecule has 3 heterocycles. The van der Waals surface area contributed by atoms with Gasteiger partial charge in [-0.05, 0) is 32.9 Å². The molecule has 0 spiro atoms. The first-order valence-corrected chi connectivity index (χ1v) is 13.8. The van der Waals surface area contributed by atoms with Crippen LogP contribution in [0.4, 0.5) is 5.82 Å². The number of ether oxygens (including phenoxy) is 2. The minimum atomic E-state index is -4.23. The molecule has 4 rings (SSSR count). The molecule has 1 saturated heterocycles. The molecule has 38 heavy (non-hydrogen) atoms. The molecule has 206 valence electrons. The van der Waals surface area contributed by atoms with E-state index in [1.54, 1.807) is 44.2 Å². The van der Waals surface area contributed by atoms with Crippen LogP contribution in [0.15, 0.2) is 43.0 Å². The molecule has 0 radical (unpaired) electrons. The first-order valence-electron chi connectivity index (χ1n) is 11.5. The summed E-state index contributed by atoms with van der Waals surface area (Å²) in [6, 6.07) is 7.16. The fraction of sp³-hybridized carbons (Fsp3) is 0.455. The molecule has 1 aliphatic heterocycles. The SMILES string of the molecule is CC(C)OC(=O)[C@@H](C)N[P@@](=O)(OC[C@H]1O[C@@H](n2cnc3c(N)ncnc32)C(Cl)(Cl)[C@@H]1O)Oc1ccccc1. The van der Waals surface area contributed by atoms with E-state index in [4.69, 9.17) is 47.5 Å². The Kier molecular flexibility index (Phi) is 8.48. The van der Waals surface area contributed by atoms with E-state index in [9.17, 15) is 14.5 Å². The van der Waals surface area contributed by atoms with Crippen LogP contribution in [0.2, 0.25) is 0 Å². The Morgan fingerprint density at radius 2 is 1.97 bits per heavy atom. The summed E-state index contributed by atoms with van der Waals surface area (Å²) in [4.78, 5) is 24.5. The zero-order valence-electron chi connectivity index (χ0n) is 20.6. The van der Waals surface area contributed by atoms with E-state index in [-0.39, 0.29) is 23.3 Å². The number of fused-ring (bicyclic) bond motifs is 1. The summed E-state index contributed by atoms with van der Waals surface area (Å²) in [5, 5.41) is 13.4. The van der Waals surface area contributed by atoms with E-state index < -0.39 is 49.1 Å². The van der Waals surface area contributed by atoms with E-state index in [1.165, 1.54) is 24.1 Å². The quantitative estimate of drug-likeness (QED) is 0.180. The first-order chi connectivity index (χ1) is 17.9. The third kappa shape index (κ3) is 6.04. The van der Waals surface area contributed by atoms with Crippen LogP contribution < -0.4 is 15.3 Å². The van der Waals surface area contributed by atoms with Gasteiger partial charge in [0.05, 0.1) is 19.0 Å². The summed E-state index contributed by atoms with van der Waals surface area (Å²) >= 11 is 13.0. The number of nitrogens with zero attached hydrogens (tertiary/aromatic N) is 4. The summed E-state index contributed by atoms with van der Waals surface area (Å²) in [7, 11) is -4.23. The van der Waals surface area contributed by atoms with E-state index in [2.05, 4.69) is 20.0 Å². The fourth-order valence-corrected chi connectivity index (χ4v) is 5.75. The lowest BCUT2D eigenvalue weighted by Crippen LogP contribution is -2.39. The van der Waals surface area contributed by atoms with Crippen LogP contribution in [0, 0.1) is 0 Å². The highest BCUT2D eigenvalue weighted by molar-refractivity contribution is 7.52. The number of halogens is 2. The third-order valence-corrected chi connectivity index (χ3v) is 7.92. The molecule has 0 saturated carbocycles. The molecule has 16 heteroatoms. The van der Waals surface area contributed by atoms with Gasteiger partial charge in [0.2, 0.25) is 0 Å². The van der Waals surface area contributed by atoms with Gasteiger partial charge in [0.1, 0.15) is 35.8 Å². The Hall–Kier alpha value is -2.51. The highest BCUT2D eigenvalue weighted by Gasteiger charge is 2.56. The molecule has 4 N–H and O–H groups in total. The number of para-hydroxylation sites is 1. The number of aliphatic hydroxyl groups excluding tert-OH is 1. The molecule has 0 aliphatic carbocycles. The Balaban J connectivity index is 1.54. The number of rotatable bonds is 10. The highest BCUT2D eigenvalue weighted by Crippen LogP contribution is 2.50. The van der Waals surface area contributed by atoms with Crippen molar-refractivity contribution in [3.63, 3.8) is 0 Å². The summed E-state index contributed by atoms with van der Waals surface area (Å²) in [6.45, 7) is 4.34. The normalized spacial score (nSPS) is 23.3. The van der Waals surface area contributed by atoms with E-state index >= 15 is 0 Å². The minimum absolute atomic E-state index is 0.136. The van der Waals surface area contributed by atoms with Crippen molar-refractivity contribution in [1.29, 1.82) is 0 Å². The molecule has 13 nitrogen and oxygen atoms in total. The van der Waals surface area contributed by atoms with Crippen LogP contribution in [0.25, 0.3) is 11.2 Å².